The van der Waals surface area contributed by atoms with E-state index in [4.69, 9.17) is 4.74 Å². The molecule has 3 aromatic rings. The van der Waals surface area contributed by atoms with Gasteiger partial charge in [0.05, 0.1) is 6.61 Å². The van der Waals surface area contributed by atoms with Gasteiger partial charge in [-0.25, -0.2) is 8.42 Å². The van der Waals surface area contributed by atoms with Crippen LogP contribution in [0, 0.1) is 5.92 Å². The number of hydrogen-bond donors (Lipinski definition) is 1. The van der Waals surface area contributed by atoms with Crippen molar-refractivity contribution in [3.8, 4) is 5.75 Å². The number of benzene rings is 2. The van der Waals surface area contributed by atoms with Gasteiger partial charge in [-0.3, -0.25) is 9.59 Å². The van der Waals surface area contributed by atoms with Crippen LogP contribution in [0.2, 0.25) is 0 Å². The highest BCUT2D eigenvalue weighted by molar-refractivity contribution is 7.89. The lowest BCUT2D eigenvalue weighted by Gasteiger charge is -2.30. The number of amides is 1. The molecule has 2 aromatic carbocycles. The predicted octanol–water partition coefficient (Wildman–Crippen LogP) is 3.46. The maximum atomic E-state index is 13.5. The number of rotatable bonds is 7. The van der Waals surface area contributed by atoms with Gasteiger partial charge in [0.25, 0.3) is 5.56 Å². The third-order valence-corrected chi connectivity index (χ3v) is 8.01. The lowest BCUT2D eigenvalue weighted by Crippen LogP contribution is -2.38. The number of hydrogen-bond acceptors (Lipinski definition) is 5. The summed E-state index contributed by atoms with van der Waals surface area (Å²) >= 11 is 0. The molecule has 0 saturated carbocycles. The largest absolute Gasteiger partial charge is 0.494 e. The van der Waals surface area contributed by atoms with Crippen molar-refractivity contribution in [3.05, 3.63) is 65.1 Å². The zero-order valence-corrected chi connectivity index (χ0v) is 20.2. The van der Waals surface area contributed by atoms with E-state index in [1.807, 2.05) is 6.92 Å². The number of sulfonamides is 1. The van der Waals surface area contributed by atoms with Gasteiger partial charge < -0.3 is 14.6 Å². The van der Waals surface area contributed by atoms with Crippen LogP contribution in [0.1, 0.15) is 26.7 Å². The van der Waals surface area contributed by atoms with E-state index in [9.17, 15) is 18.0 Å². The molecule has 8 nitrogen and oxygen atoms in total. The van der Waals surface area contributed by atoms with Crippen LogP contribution in [0.5, 0.6) is 5.75 Å². The van der Waals surface area contributed by atoms with E-state index >= 15 is 0 Å². The van der Waals surface area contributed by atoms with Gasteiger partial charge in [-0.05, 0) is 56.0 Å². The fourth-order valence-electron chi connectivity index (χ4n) is 4.15. The Hall–Kier alpha value is -3.17. The predicted molar refractivity (Wildman–Crippen MR) is 132 cm³/mol. The average molecular weight is 484 g/mol. The summed E-state index contributed by atoms with van der Waals surface area (Å²) in [7, 11) is -3.83. The Morgan fingerprint density at radius 2 is 1.71 bits per heavy atom. The summed E-state index contributed by atoms with van der Waals surface area (Å²) in [6.45, 7) is 5.11. The number of carbonyl (C=O) groups excluding carboxylic acids is 1. The molecule has 4 rings (SSSR count). The number of nitrogens with zero attached hydrogens (tertiary/aromatic N) is 2. The third-order valence-electron chi connectivity index (χ3n) is 6.08. The normalized spacial score (nSPS) is 15.4. The quantitative estimate of drug-likeness (QED) is 0.555. The van der Waals surface area contributed by atoms with Gasteiger partial charge in [-0.2, -0.15) is 4.31 Å². The second-order valence-corrected chi connectivity index (χ2v) is 10.5. The molecule has 0 bridgehead atoms. The fourth-order valence-corrected chi connectivity index (χ4v) is 5.84. The van der Waals surface area contributed by atoms with E-state index < -0.39 is 21.5 Å². The molecule has 1 saturated heterocycles. The summed E-state index contributed by atoms with van der Waals surface area (Å²) in [6, 6.07) is 13.5. The van der Waals surface area contributed by atoms with E-state index in [1.54, 1.807) is 48.5 Å². The Labute approximate surface area is 199 Å². The smallest absolute Gasteiger partial charge is 0.258 e. The summed E-state index contributed by atoms with van der Waals surface area (Å²) in [5.74, 6) is 0.730. The SMILES string of the molecule is CCOc1ccc(NC(=O)Cn2cc(S(=O)(=O)N3CCC(C)CC3)c3ccccc3c2=O)cc1. The van der Waals surface area contributed by atoms with Crippen molar-refractivity contribution in [1.29, 1.82) is 0 Å². The van der Waals surface area contributed by atoms with Crippen molar-refractivity contribution in [3.63, 3.8) is 0 Å². The first-order valence-electron chi connectivity index (χ1n) is 11.4. The Bertz CT molecular complexity index is 1340. The van der Waals surface area contributed by atoms with Crippen molar-refractivity contribution in [1.82, 2.24) is 8.87 Å². The van der Waals surface area contributed by atoms with Crippen LogP contribution < -0.4 is 15.6 Å². The molecular formula is C25H29N3O5S. The second kappa shape index (κ2) is 9.99. The lowest BCUT2D eigenvalue weighted by molar-refractivity contribution is -0.116. The van der Waals surface area contributed by atoms with Gasteiger partial charge in [0.1, 0.15) is 17.2 Å². The molecule has 0 radical (unpaired) electrons. The minimum atomic E-state index is -3.83. The molecule has 1 fully saturated rings. The molecule has 1 amide bonds. The highest BCUT2D eigenvalue weighted by Gasteiger charge is 2.30. The van der Waals surface area contributed by atoms with Crippen LogP contribution in [0.4, 0.5) is 5.69 Å². The molecule has 0 spiro atoms. The number of anilines is 1. The molecule has 1 N–H and O–H groups in total. The van der Waals surface area contributed by atoms with Crippen LogP contribution in [-0.2, 0) is 21.4 Å². The number of pyridine rings is 1. The van der Waals surface area contributed by atoms with Crippen LogP contribution in [0.25, 0.3) is 10.8 Å². The Balaban J connectivity index is 1.65. The third kappa shape index (κ3) is 5.00. The first-order chi connectivity index (χ1) is 16.3. The number of nitrogens with one attached hydrogen (secondary N) is 1. The molecule has 0 aliphatic carbocycles. The number of ether oxygens (including phenoxy) is 1. The number of fused-ring (bicyclic) bond motifs is 1. The highest BCUT2D eigenvalue weighted by atomic mass is 32.2. The van der Waals surface area contributed by atoms with Crippen LogP contribution in [0.15, 0.2) is 64.4 Å². The molecule has 1 aliphatic heterocycles. The number of carbonyl (C=O) groups is 1. The Morgan fingerprint density at radius 1 is 1.06 bits per heavy atom. The Kier molecular flexibility index (Phi) is 7.04. The van der Waals surface area contributed by atoms with E-state index in [0.29, 0.717) is 42.4 Å². The lowest BCUT2D eigenvalue weighted by atomic mass is 10.0. The van der Waals surface area contributed by atoms with Gasteiger partial charge in [0.15, 0.2) is 0 Å². The van der Waals surface area contributed by atoms with Crippen molar-refractivity contribution < 1.29 is 17.9 Å². The van der Waals surface area contributed by atoms with Gasteiger partial charge >= 0.3 is 0 Å². The number of piperidine rings is 1. The Morgan fingerprint density at radius 3 is 2.35 bits per heavy atom. The van der Waals surface area contributed by atoms with Crippen LogP contribution in [-0.4, -0.2) is 42.9 Å². The minimum absolute atomic E-state index is 0.0473. The molecular weight excluding hydrogens is 454 g/mol. The van der Waals surface area contributed by atoms with Gasteiger partial charge in [0, 0.05) is 35.7 Å². The molecule has 9 heteroatoms. The van der Waals surface area contributed by atoms with Gasteiger partial charge in [0.2, 0.25) is 15.9 Å². The highest BCUT2D eigenvalue weighted by Crippen LogP contribution is 2.27. The zero-order valence-electron chi connectivity index (χ0n) is 19.4. The van der Waals surface area contributed by atoms with E-state index in [-0.39, 0.29) is 16.8 Å². The van der Waals surface area contributed by atoms with Crippen LogP contribution >= 0.6 is 0 Å². The van der Waals surface area contributed by atoms with Crippen molar-refractivity contribution in [2.75, 3.05) is 25.0 Å². The summed E-state index contributed by atoms with van der Waals surface area (Å²) < 4.78 is 35.1. The van der Waals surface area contributed by atoms with Crippen molar-refractivity contribution in [2.45, 2.75) is 38.1 Å². The fraction of sp³-hybridized carbons (Fsp3) is 0.360. The van der Waals surface area contributed by atoms with Gasteiger partial charge in [-0.15, -0.1) is 0 Å². The second-order valence-electron chi connectivity index (χ2n) is 8.56. The number of aromatic nitrogens is 1. The molecule has 0 atom stereocenters. The monoisotopic (exact) mass is 483 g/mol. The molecule has 1 aromatic heterocycles. The minimum Gasteiger partial charge on any atom is -0.494 e. The van der Waals surface area contributed by atoms with Crippen LogP contribution in [0.3, 0.4) is 0 Å². The zero-order chi connectivity index (χ0) is 24.3. The first kappa shape index (κ1) is 24.0. The van der Waals surface area contributed by atoms with E-state index in [1.165, 1.54) is 15.1 Å². The van der Waals surface area contributed by atoms with Gasteiger partial charge in [-0.1, -0.05) is 25.1 Å². The standard InChI is InChI=1S/C25H29N3O5S/c1-3-33-20-10-8-19(9-11-20)26-24(29)17-27-16-23(21-6-4-5-7-22(21)25(27)30)34(31,32)28-14-12-18(2)13-15-28/h4-11,16,18H,3,12-15,17H2,1-2H3,(H,26,29). The molecule has 2 heterocycles. The van der Waals surface area contributed by atoms with Crippen molar-refractivity contribution in [2.24, 2.45) is 5.92 Å². The maximum Gasteiger partial charge on any atom is 0.258 e. The average Bonchev–Trinajstić information content (AvgIpc) is 2.82. The summed E-state index contributed by atoms with van der Waals surface area (Å²) in [5.41, 5.74) is 0.140. The van der Waals surface area contributed by atoms with Crippen molar-refractivity contribution >= 4 is 32.4 Å². The van der Waals surface area contributed by atoms with E-state index in [2.05, 4.69) is 12.2 Å². The van der Waals surface area contributed by atoms with E-state index in [0.717, 1.165) is 12.8 Å². The first-order valence-corrected chi connectivity index (χ1v) is 12.9. The molecule has 34 heavy (non-hydrogen) atoms. The summed E-state index contributed by atoms with van der Waals surface area (Å²) in [6.07, 6.45) is 2.89. The maximum absolute atomic E-state index is 13.5. The summed E-state index contributed by atoms with van der Waals surface area (Å²) in [5, 5.41) is 3.38. The molecule has 180 valence electrons. The summed E-state index contributed by atoms with van der Waals surface area (Å²) in [4.78, 5) is 25.9. The molecule has 0 unspecified atom stereocenters. The topological polar surface area (TPSA) is 97.7 Å². The molecule has 1 aliphatic rings.